The topological polar surface area (TPSA) is 182 Å². The first-order valence-corrected chi connectivity index (χ1v) is 7.72. The predicted octanol–water partition coefficient (Wildman–Crippen LogP) is -1.57. The highest BCUT2D eigenvalue weighted by Gasteiger charge is 2.27. The van der Waals surface area contributed by atoms with Crippen molar-refractivity contribution < 1.29 is 39.6 Å². The lowest BCUT2D eigenvalue weighted by atomic mass is 10.1. The van der Waals surface area contributed by atoms with Crippen molar-refractivity contribution in [3.63, 3.8) is 0 Å². The summed E-state index contributed by atoms with van der Waals surface area (Å²) in [5.41, 5.74) is 5.37. The minimum Gasteiger partial charge on any atom is -0.480 e. The van der Waals surface area contributed by atoms with Crippen LogP contribution in [-0.4, -0.2) is 99.4 Å². The molecule has 0 saturated heterocycles. The van der Waals surface area contributed by atoms with Crippen LogP contribution in [0.15, 0.2) is 0 Å². The van der Waals surface area contributed by atoms with E-state index in [4.69, 9.17) is 21.1 Å². The molecule has 0 bridgehead atoms. The van der Waals surface area contributed by atoms with Crippen molar-refractivity contribution in [2.75, 3.05) is 39.3 Å². The molecule has 25 heavy (non-hydrogen) atoms. The molecule has 0 aliphatic carbocycles. The Labute approximate surface area is 144 Å². The van der Waals surface area contributed by atoms with Crippen LogP contribution in [-0.2, 0) is 19.2 Å². The number of hydrogen-bond acceptors (Lipinski definition) is 7. The van der Waals surface area contributed by atoms with E-state index in [9.17, 15) is 24.3 Å². The SMILES string of the molecule is NCCCCC(C(=O)O)N(CCN(CC(=O)O)CC(=O)O)CC(=O)O. The van der Waals surface area contributed by atoms with Gasteiger partial charge in [-0.25, -0.2) is 0 Å². The largest absolute Gasteiger partial charge is 0.480 e. The second kappa shape index (κ2) is 12.2. The van der Waals surface area contributed by atoms with Crippen molar-refractivity contribution in [3.8, 4) is 0 Å². The standard InChI is InChI=1S/C14H25N3O8/c15-4-2-1-3-10(14(24)25)17(9-13(22)23)6-5-16(7-11(18)19)8-12(20)21/h10H,1-9,15H2,(H,18,19)(H,20,21)(H,22,23)(H,24,25). The Bertz CT molecular complexity index is 455. The lowest BCUT2D eigenvalue weighted by molar-refractivity contribution is -0.148. The summed E-state index contributed by atoms with van der Waals surface area (Å²) < 4.78 is 0. The Balaban J connectivity index is 5.01. The smallest absolute Gasteiger partial charge is 0.320 e. The van der Waals surface area contributed by atoms with E-state index in [2.05, 4.69) is 0 Å². The van der Waals surface area contributed by atoms with Gasteiger partial charge in [-0.3, -0.25) is 29.0 Å². The first kappa shape index (κ1) is 22.8. The maximum absolute atomic E-state index is 11.4. The van der Waals surface area contributed by atoms with Crippen molar-refractivity contribution in [1.29, 1.82) is 0 Å². The molecule has 1 unspecified atom stereocenters. The highest BCUT2D eigenvalue weighted by Crippen LogP contribution is 2.10. The number of nitrogens with zero attached hydrogens (tertiary/aromatic N) is 2. The molecule has 0 amide bonds. The molecule has 0 aromatic heterocycles. The predicted molar refractivity (Wildman–Crippen MR) is 85.2 cm³/mol. The second-order valence-electron chi connectivity index (χ2n) is 5.50. The lowest BCUT2D eigenvalue weighted by Gasteiger charge is -2.29. The van der Waals surface area contributed by atoms with E-state index in [0.29, 0.717) is 19.4 Å². The van der Waals surface area contributed by atoms with Crippen molar-refractivity contribution >= 4 is 23.9 Å². The van der Waals surface area contributed by atoms with E-state index >= 15 is 0 Å². The third-order valence-corrected chi connectivity index (χ3v) is 3.42. The number of carboxylic acid groups (broad SMARTS) is 4. The maximum Gasteiger partial charge on any atom is 0.320 e. The minimum absolute atomic E-state index is 0.0907. The highest BCUT2D eigenvalue weighted by molar-refractivity contribution is 5.75. The number of aliphatic carboxylic acids is 4. The van der Waals surface area contributed by atoms with Crippen LogP contribution in [0.3, 0.4) is 0 Å². The van der Waals surface area contributed by atoms with Gasteiger partial charge in [0.05, 0.1) is 19.6 Å². The molecule has 0 rings (SSSR count). The molecular weight excluding hydrogens is 338 g/mol. The third kappa shape index (κ3) is 11.0. The maximum atomic E-state index is 11.4. The van der Waals surface area contributed by atoms with Gasteiger partial charge < -0.3 is 26.2 Å². The molecule has 0 heterocycles. The summed E-state index contributed by atoms with van der Waals surface area (Å²) >= 11 is 0. The summed E-state index contributed by atoms with van der Waals surface area (Å²) in [4.78, 5) is 46.3. The van der Waals surface area contributed by atoms with Crippen molar-refractivity contribution in [2.45, 2.75) is 25.3 Å². The molecule has 0 saturated carbocycles. The van der Waals surface area contributed by atoms with Crippen LogP contribution in [0.5, 0.6) is 0 Å². The molecule has 144 valence electrons. The quantitative estimate of drug-likeness (QED) is 0.212. The number of carbonyl (C=O) groups is 4. The average molecular weight is 363 g/mol. The van der Waals surface area contributed by atoms with Gasteiger partial charge >= 0.3 is 23.9 Å². The van der Waals surface area contributed by atoms with Gasteiger partial charge in [0.1, 0.15) is 6.04 Å². The second-order valence-corrected chi connectivity index (χ2v) is 5.50. The van der Waals surface area contributed by atoms with Crippen molar-refractivity contribution in [3.05, 3.63) is 0 Å². The Hall–Kier alpha value is -2.24. The Kier molecular flexibility index (Phi) is 11.1. The Morgan fingerprint density at radius 1 is 0.800 bits per heavy atom. The van der Waals surface area contributed by atoms with Gasteiger partial charge in [-0.15, -0.1) is 0 Å². The van der Waals surface area contributed by atoms with Crippen LogP contribution in [0.4, 0.5) is 0 Å². The molecule has 0 aliphatic heterocycles. The number of unbranched alkanes of at least 4 members (excludes halogenated alkanes) is 1. The normalized spacial score (nSPS) is 12.3. The van der Waals surface area contributed by atoms with E-state index < -0.39 is 49.6 Å². The van der Waals surface area contributed by atoms with Gasteiger partial charge in [0.15, 0.2) is 0 Å². The average Bonchev–Trinajstić information content (AvgIpc) is 2.46. The fourth-order valence-corrected chi connectivity index (χ4v) is 2.33. The number of hydrogen-bond donors (Lipinski definition) is 5. The molecule has 11 heteroatoms. The molecule has 0 radical (unpaired) electrons. The zero-order valence-corrected chi connectivity index (χ0v) is 13.8. The molecule has 0 fully saturated rings. The van der Waals surface area contributed by atoms with Crippen LogP contribution < -0.4 is 5.73 Å². The summed E-state index contributed by atoms with van der Waals surface area (Å²) in [6, 6.07) is -1.07. The fourth-order valence-electron chi connectivity index (χ4n) is 2.33. The van der Waals surface area contributed by atoms with Gasteiger partial charge in [-0.05, 0) is 19.4 Å². The number of carboxylic acids is 4. The van der Waals surface area contributed by atoms with Crippen LogP contribution >= 0.6 is 0 Å². The van der Waals surface area contributed by atoms with Crippen molar-refractivity contribution in [1.82, 2.24) is 9.80 Å². The molecule has 0 spiro atoms. The number of rotatable bonds is 15. The van der Waals surface area contributed by atoms with Gasteiger partial charge in [-0.2, -0.15) is 0 Å². The molecular formula is C14H25N3O8. The summed E-state index contributed by atoms with van der Waals surface area (Å²) in [6.07, 6.45) is 1.28. The number of nitrogens with two attached hydrogens (primary N) is 1. The highest BCUT2D eigenvalue weighted by atomic mass is 16.4. The van der Waals surface area contributed by atoms with Gasteiger partial charge in [-0.1, -0.05) is 6.42 Å². The Morgan fingerprint density at radius 2 is 1.32 bits per heavy atom. The first-order chi connectivity index (χ1) is 11.7. The van der Waals surface area contributed by atoms with E-state index in [0.717, 1.165) is 4.90 Å². The molecule has 0 aromatic carbocycles. The van der Waals surface area contributed by atoms with Crippen LogP contribution in [0.2, 0.25) is 0 Å². The molecule has 0 aromatic rings. The van der Waals surface area contributed by atoms with Gasteiger partial charge in [0, 0.05) is 13.1 Å². The van der Waals surface area contributed by atoms with E-state index in [1.54, 1.807) is 0 Å². The summed E-state index contributed by atoms with van der Waals surface area (Å²) in [7, 11) is 0. The third-order valence-electron chi connectivity index (χ3n) is 3.42. The van der Waals surface area contributed by atoms with Crippen LogP contribution in [0.1, 0.15) is 19.3 Å². The van der Waals surface area contributed by atoms with Gasteiger partial charge in [0.25, 0.3) is 0 Å². The zero-order chi connectivity index (χ0) is 19.4. The van der Waals surface area contributed by atoms with E-state index in [1.165, 1.54) is 4.90 Å². The zero-order valence-electron chi connectivity index (χ0n) is 13.8. The Morgan fingerprint density at radius 3 is 1.72 bits per heavy atom. The lowest BCUT2D eigenvalue weighted by Crippen LogP contribution is -2.48. The van der Waals surface area contributed by atoms with Crippen LogP contribution in [0.25, 0.3) is 0 Å². The van der Waals surface area contributed by atoms with Crippen molar-refractivity contribution in [2.24, 2.45) is 5.73 Å². The minimum atomic E-state index is -1.23. The molecule has 0 aliphatic rings. The van der Waals surface area contributed by atoms with Crippen LogP contribution in [0, 0.1) is 0 Å². The van der Waals surface area contributed by atoms with Gasteiger partial charge in [0.2, 0.25) is 0 Å². The first-order valence-electron chi connectivity index (χ1n) is 7.72. The summed E-state index contributed by atoms with van der Waals surface area (Å²) in [6.45, 7) is -1.43. The monoisotopic (exact) mass is 363 g/mol. The van der Waals surface area contributed by atoms with E-state index in [1.807, 2.05) is 0 Å². The summed E-state index contributed by atoms with van der Waals surface area (Å²) in [5, 5.41) is 35.9. The molecule has 11 nitrogen and oxygen atoms in total. The molecule has 1 atom stereocenters. The fraction of sp³-hybridized carbons (Fsp3) is 0.714. The summed E-state index contributed by atoms with van der Waals surface area (Å²) in [5.74, 6) is -4.89. The molecule has 6 N–H and O–H groups in total. The van der Waals surface area contributed by atoms with E-state index in [-0.39, 0.29) is 19.5 Å².